The minimum absolute atomic E-state index is 0.0494. The summed E-state index contributed by atoms with van der Waals surface area (Å²) in [6.07, 6.45) is 0. The molecule has 0 aromatic heterocycles. The fraction of sp³-hybridized carbons (Fsp3) is 0.381. The van der Waals surface area contributed by atoms with Crippen LogP contribution in [0.3, 0.4) is 0 Å². The van der Waals surface area contributed by atoms with Crippen molar-refractivity contribution in [3.63, 3.8) is 0 Å². The van der Waals surface area contributed by atoms with Crippen LogP contribution in [0.1, 0.15) is 22.7 Å². The third-order valence-corrected chi connectivity index (χ3v) is 4.77. The Kier molecular flexibility index (Phi) is 6.26. The summed E-state index contributed by atoms with van der Waals surface area (Å²) >= 11 is 0. The lowest BCUT2D eigenvalue weighted by molar-refractivity contribution is -0.123. The molecule has 0 spiro atoms. The first-order valence-corrected chi connectivity index (χ1v) is 9.07. The molecular formula is C21H27N3O2. The van der Waals surface area contributed by atoms with Crippen LogP contribution in [0.5, 0.6) is 5.75 Å². The molecule has 1 aliphatic heterocycles. The number of para-hydroxylation sites is 1. The predicted molar refractivity (Wildman–Crippen MR) is 103 cm³/mol. The number of methoxy groups -OCH3 is 1. The number of ether oxygens (including phenoxy) is 1. The van der Waals surface area contributed by atoms with Crippen LogP contribution in [-0.2, 0) is 11.3 Å². The third-order valence-electron chi connectivity index (χ3n) is 4.77. The van der Waals surface area contributed by atoms with E-state index >= 15 is 0 Å². The Bertz CT molecular complexity index is 748. The van der Waals surface area contributed by atoms with Gasteiger partial charge in [0.05, 0.1) is 19.7 Å². The van der Waals surface area contributed by atoms with Gasteiger partial charge in [-0.2, -0.15) is 0 Å². The van der Waals surface area contributed by atoms with Crippen molar-refractivity contribution < 1.29 is 9.53 Å². The first-order chi connectivity index (χ1) is 12.7. The van der Waals surface area contributed by atoms with Crippen LogP contribution < -0.4 is 15.4 Å². The SMILES string of the molecule is COc1ccccc1C1CNCCN1CC(=O)NCc1cccc(C)c1. The van der Waals surface area contributed by atoms with Crippen LogP contribution in [0.2, 0.25) is 0 Å². The van der Waals surface area contributed by atoms with Gasteiger partial charge in [-0.3, -0.25) is 9.69 Å². The molecule has 1 unspecified atom stereocenters. The number of carbonyl (C=O) groups is 1. The van der Waals surface area contributed by atoms with Gasteiger partial charge in [0.25, 0.3) is 0 Å². The molecule has 1 fully saturated rings. The Morgan fingerprint density at radius 2 is 2.12 bits per heavy atom. The third kappa shape index (κ3) is 4.62. The summed E-state index contributed by atoms with van der Waals surface area (Å²) in [6, 6.07) is 16.4. The molecule has 3 rings (SSSR count). The minimum Gasteiger partial charge on any atom is -0.496 e. The second-order valence-electron chi connectivity index (χ2n) is 6.70. The average Bonchev–Trinajstić information content (AvgIpc) is 2.67. The van der Waals surface area contributed by atoms with Crippen molar-refractivity contribution in [3.8, 4) is 5.75 Å². The lowest BCUT2D eigenvalue weighted by Gasteiger charge is -2.36. The van der Waals surface area contributed by atoms with Crippen molar-refractivity contribution in [1.82, 2.24) is 15.5 Å². The van der Waals surface area contributed by atoms with Gasteiger partial charge < -0.3 is 15.4 Å². The molecule has 0 bridgehead atoms. The second-order valence-corrected chi connectivity index (χ2v) is 6.70. The lowest BCUT2D eigenvalue weighted by atomic mass is 10.0. The first kappa shape index (κ1) is 18.4. The highest BCUT2D eigenvalue weighted by Gasteiger charge is 2.27. The maximum atomic E-state index is 12.5. The van der Waals surface area contributed by atoms with E-state index in [0.717, 1.165) is 36.5 Å². The van der Waals surface area contributed by atoms with E-state index in [2.05, 4.69) is 40.7 Å². The van der Waals surface area contributed by atoms with E-state index in [1.807, 2.05) is 30.3 Å². The largest absolute Gasteiger partial charge is 0.496 e. The number of nitrogens with zero attached hydrogens (tertiary/aromatic N) is 1. The van der Waals surface area contributed by atoms with Crippen molar-refractivity contribution in [2.24, 2.45) is 0 Å². The van der Waals surface area contributed by atoms with Crippen molar-refractivity contribution in [1.29, 1.82) is 0 Å². The Morgan fingerprint density at radius 1 is 1.27 bits per heavy atom. The fourth-order valence-electron chi connectivity index (χ4n) is 3.45. The van der Waals surface area contributed by atoms with Gasteiger partial charge in [-0.1, -0.05) is 48.0 Å². The lowest BCUT2D eigenvalue weighted by Crippen LogP contribution is -2.49. The normalized spacial score (nSPS) is 17.7. The highest BCUT2D eigenvalue weighted by molar-refractivity contribution is 5.78. The predicted octanol–water partition coefficient (Wildman–Crippen LogP) is 2.27. The number of nitrogens with one attached hydrogen (secondary N) is 2. The van der Waals surface area contributed by atoms with Crippen LogP contribution in [0.25, 0.3) is 0 Å². The van der Waals surface area contributed by atoms with Crippen LogP contribution in [0, 0.1) is 6.92 Å². The quantitative estimate of drug-likeness (QED) is 0.837. The number of carbonyl (C=O) groups excluding carboxylic acids is 1. The Balaban J connectivity index is 1.63. The Hall–Kier alpha value is -2.37. The highest BCUT2D eigenvalue weighted by atomic mass is 16.5. The van der Waals surface area contributed by atoms with Gasteiger partial charge in [-0.05, 0) is 18.6 Å². The van der Waals surface area contributed by atoms with Crippen molar-refractivity contribution in [2.75, 3.05) is 33.3 Å². The molecule has 2 N–H and O–H groups in total. The van der Waals surface area contributed by atoms with Gasteiger partial charge >= 0.3 is 0 Å². The fourth-order valence-corrected chi connectivity index (χ4v) is 3.45. The van der Waals surface area contributed by atoms with E-state index in [0.29, 0.717) is 13.1 Å². The van der Waals surface area contributed by atoms with E-state index in [9.17, 15) is 4.79 Å². The van der Waals surface area contributed by atoms with Crippen LogP contribution in [-0.4, -0.2) is 44.1 Å². The van der Waals surface area contributed by atoms with Gasteiger partial charge in [0, 0.05) is 31.7 Å². The van der Waals surface area contributed by atoms with Gasteiger partial charge in [0.2, 0.25) is 5.91 Å². The number of rotatable bonds is 6. The van der Waals surface area contributed by atoms with Crippen molar-refractivity contribution in [3.05, 3.63) is 65.2 Å². The number of amides is 1. The zero-order chi connectivity index (χ0) is 18.4. The van der Waals surface area contributed by atoms with Gasteiger partial charge in [-0.15, -0.1) is 0 Å². The zero-order valence-electron chi connectivity index (χ0n) is 15.5. The molecule has 1 heterocycles. The van der Waals surface area contributed by atoms with E-state index in [1.165, 1.54) is 5.56 Å². The molecular weight excluding hydrogens is 326 g/mol. The number of aryl methyl sites for hydroxylation is 1. The maximum absolute atomic E-state index is 12.5. The summed E-state index contributed by atoms with van der Waals surface area (Å²) in [6.45, 7) is 5.54. The van der Waals surface area contributed by atoms with E-state index in [4.69, 9.17) is 4.74 Å². The summed E-state index contributed by atoms with van der Waals surface area (Å²) < 4.78 is 5.51. The van der Waals surface area contributed by atoms with Crippen molar-refractivity contribution >= 4 is 5.91 Å². The monoisotopic (exact) mass is 353 g/mol. The Labute approximate surface area is 155 Å². The minimum atomic E-state index is 0.0494. The van der Waals surface area contributed by atoms with Gasteiger partial charge in [0.15, 0.2) is 0 Å². The summed E-state index contributed by atoms with van der Waals surface area (Å²) in [5, 5.41) is 6.46. The topological polar surface area (TPSA) is 53.6 Å². The molecule has 138 valence electrons. The first-order valence-electron chi connectivity index (χ1n) is 9.07. The van der Waals surface area contributed by atoms with Crippen LogP contribution in [0.15, 0.2) is 48.5 Å². The molecule has 5 nitrogen and oxygen atoms in total. The summed E-state index contributed by atoms with van der Waals surface area (Å²) in [7, 11) is 1.69. The van der Waals surface area contributed by atoms with E-state index in [-0.39, 0.29) is 11.9 Å². The maximum Gasteiger partial charge on any atom is 0.234 e. The molecule has 26 heavy (non-hydrogen) atoms. The number of hydrogen-bond donors (Lipinski definition) is 2. The number of piperazine rings is 1. The number of hydrogen-bond acceptors (Lipinski definition) is 4. The molecule has 0 radical (unpaired) electrons. The molecule has 0 aliphatic carbocycles. The molecule has 2 aromatic carbocycles. The zero-order valence-corrected chi connectivity index (χ0v) is 15.5. The van der Waals surface area contributed by atoms with Crippen LogP contribution >= 0.6 is 0 Å². The molecule has 2 aromatic rings. The van der Waals surface area contributed by atoms with E-state index < -0.39 is 0 Å². The van der Waals surface area contributed by atoms with E-state index in [1.54, 1.807) is 7.11 Å². The molecule has 1 amide bonds. The second kappa shape index (κ2) is 8.83. The smallest absolute Gasteiger partial charge is 0.234 e. The standard InChI is InChI=1S/C21H27N3O2/c1-16-6-5-7-17(12-16)13-23-21(25)15-24-11-10-22-14-19(24)18-8-3-4-9-20(18)26-2/h3-9,12,19,22H,10-11,13-15H2,1-2H3,(H,23,25). The molecule has 0 saturated carbocycles. The van der Waals surface area contributed by atoms with Crippen molar-refractivity contribution in [2.45, 2.75) is 19.5 Å². The summed E-state index contributed by atoms with van der Waals surface area (Å²) in [5.41, 5.74) is 3.45. The summed E-state index contributed by atoms with van der Waals surface area (Å²) in [4.78, 5) is 14.7. The summed E-state index contributed by atoms with van der Waals surface area (Å²) in [5.74, 6) is 0.916. The van der Waals surface area contributed by atoms with Gasteiger partial charge in [-0.25, -0.2) is 0 Å². The Morgan fingerprint density at radius 3 is 2.92 bits per heavy atom. The average molecular weight is 353 g/mol. The molecule has 1 saturated heterocycles. The van der Waals surface area contributed by atoms with Gasteiger partial charge in [0.1, 0.15) is 5.75 Å². The molecule has 1 atom stereocenters. The molecule has 5 heteroatoms. The van der Waals surface area contributed by atoms with Crippen LogP contribution in [0.4, 0.5) is 0 Å². The number of benzene rings is 2. The molecule has 1 aliphatic rings. The highest BCUT2D eigenvalue weighted by Crippen LogP contribution is 2.29.